The van der Waals surface area contributed by atoms with Crippen LogP contribution in [0.5, 0.6) is 0 Å². The van der Waals surface area contributed by atoms with Crippen molar-refractivity contribution in [2.24, 2.45) is 0 Å². The molecule has 0 N–H and O–H groups in total. The van der Waals surface area contributed by atoms with Gasteiger partial charge in [-0.3, -0.25) is 0 Å². The minimum atomic E-state index is -2.71. The number of fused-ring (bicyclic) bond motifs is 10. The molecule has 0 saturated carbocycles. The molecule has 0 bridgehead atoms. The molecule has 4 atom stereocenters. The van der Waals surface area contributed by atoms with Crippen LogP contribution in [-0.4, -0.2) is 16.4 Å². The third-order valence-electron chi connectivity index (χ3n) is 17.4. The van der Waals surface area contributed by atoms with Crippen LogP contribution in [-0.2, 0) is 6.37 Å². The molecule has 10 rings (SSSR count). The van der Waals surface area contributed by atoms with Crippen LogP contribution in [0.25, 0.3) is 0 Å². The first-order chi connectivity index (χ1) is 12.6. The molecule has 4 unspecified atom stereocenters. The monoisotopic (exact) mass is 417 g/mol. The second-order valence-electron chi connectivity index (χ2n) is 14.0. The van der Waals surface area contributed by atoms with Gasteiger partial charge < -0.3 is 0 Å². The fourth-order valence-corrected chi connectivity index (χ4v) is 103. The van der Waals surface area contributed by atoms with Gasteiger partial charge in [-0.1, -0.05) is 0 Å². The van der Waals surface area contributed by atoms with Crippen molar-refractivity contribution in [1.29, 1.82) is 0 Å². The van der Waals surface area contributed by atoms with E-state index in [0.717, 1.165) is 0 Å². The summed E-state index contributed by atoms with van der Waals surface area (Å²) in [5.41, 5.74) is 0. The van der Waals surface area contributed by atoms with Crippen LogP contribution in [0.1, 0.15) is 78.1 Å². The maximum absolute atomic E-state index is 2.71. The molecule has 26 heavy (non-hydrogen) atoms. The Morgan fingerprint density at radius 1 is 0.577 bits per heavy atom. The standard InChI is InChI=1S/C19H34P.C5H5.Co/c1-3-5-7-9-13-17-20(19-15-11-12-16-19)18-14-10-8-6-4-2;1-2-4-5-3-1;/h11-12,15-16H,3-10,13-14,17-18H2,1-2H3;1-5H;. The number of hydrogen-bond acceptors (Lipinski definition) is 0. The van der Waals surface area contributed by atoms with E-state index in [4.69, 9.17) is 0 Å². The van der Waals surface area contributed by atoms with Crippen LogP contribution in [0.4, 0.5) is 0 Å². The first-order valence-corrected chi connectivity index (χ1v) is 20.1. The van der Waals surface area contributed by atoms with Gasteiger partial charge in [0, 0.05) is 0 Å². The first kappa shape index (κ1) is 14.0. The average molecular weight is 417 g/mol. The molecule has 0 aromatic carbocycles. The number of hydrogen-bond donors (Lipinski definition) is 0. The van der Waals surface area contributed by atoms with Crippen molar-refractivity contribution >= 4 is 7.92 Å². The SMILES string of the molecule is CCCCCCCP(CCCCCCC)[C]12[CH]3[CH]4[CH]5[CH]1[Co]45321678[CH]2[CH]1[CH]6[CH]7[CH]28. The normalized spacial score (nSPS) is 82.3. The van der Waals surface area contributed by atoms with Gasteiger partial charge in [-0.15, -0.1) is 0 Å². The summed E-state index contributed by atoms with van der Waals surface area (Å²) in [6, 6.07) is 0. The van der Waals surface area contributed by atoms with Crippen LogP contribution >= 0.6 is 7.92 Å². The third-order valence-corrected chi connectivity index (χ3v) is 64.7. The molecule has 0 aliphatic carbocycles. The Morgan fingerprint density at radius 3 is 1.31 bits per heavy atom. The average Bonchev–Trinajstić information content (AvgIpc) is 3.59. The van der Waals surface area contributed by atoms with E-state index in [-0.39, 0.29) is 0 Å². The van der Waals surface area contributed by atoms with E-state index in [2.05, 4.69) is 13.8 Å². The summed E-state index contributed by atoms with van der Waals surface area (Å²) < 4.78 is 1.26. The summed E-state index contributed by atoms with van der Waals surface area (Å²) in [5.74, 6) is 0. The van der Waals surface area contributed by atoms with Crippen LogP contribution in [0.3, 0.4) is 0 Å². The van der Waals surface area contributed by atoms with E-state index in [1.54, 1.807) is 81.7 Å². The van der Waals surface area contributed by atoms with E-state index >= 15 is 0 Å². The van der Waals surface area contributed by atoms with Gasteiger partial charge in [0.1, 0.15) is 0 Å². The summed E-state index contributed by atoms with van der Waals surface area (Å²) in [7, 11) is 0.477. The fraction of sp³-hybridized carbons (Fsp3) is 1.00. The second-order valence-corrected chi connectivity index (χ2v) is 39.3. The molecule has 10 fully saturated rings. The Morgan fingerprint density at radius 2 is 1.00 bits per heavy atom. The van der Waals surface area contributed by atoms with Gasteiger partial charge in [0.2, 0.25) is 0 Å². The molecule has 1 spiro atoms. The van der Waals surface area contributed by atoms with E-state index in [1.165, 1.54) is 42.6 Å². The molecule has 149 valence electrons. The predicted molar refractivity (Wildman–Crippen MR) is 111 cm³/mol. The first-order valence-electron chi connectivity index (χ1n) is 12.4. The summed E-state index contributed by atoms with van der Waals surface area (Å²) >= 11 is 0. The van der Waals surface area contributed by atoms with E-state index in [0.29, 0.717) is 7.92 Å². The zero-order chi connectivity index (χ0) is 17.1. The third kappa shape index (κ3) is 0.261. The van der Waals surface area contributed by atoms with Crippen LogP contribution in [0.15, 0.2) is 0 Å². The maximum atomic E-state index is 2.37. The second kappa shape index (κ2) is 1.83. The number of rotatable bonds is 13. The van der Waals surface area contributed by atoms with Gasteiger partial charge in [0.05, 0.1) is 0 Å². The Balaban J connectivity index is 0.975. The van der Waals surface area contributed by atoms with Crippen LogP contribution < -0.4 is 0 Å². The zero-order valence-electron chi connectivity index (χ0n) is 17.0. The van der Waals surface area contributed by atoms with Gasteiger partial charge >= 0.3 is 152 Å². The number of unbranched alkanes of at least 4 members (excludes halogenated alkanes) is 8. The van der Waals surface area contributed by atoms with Gasteiger partial charge in [-0.05, 0) is 0 Å². The zero-order valence-corrected chi connectivity index (χ0v) is 18.9. The Labute approximate surface area is 152 Å². The summed E-state index contributed by atoms with van der Waals surface area (Å²) in [6.45, 7) is 4.75. The van der Waals surface area contributed by atoms with Gasteiger partial charge in [-0.2, -0.15) is 0 Å². The van der Waals surface area contributed by atoms with Crippen LogP contribution in [0, 0.1) is 0 Å². The molecule has 0 nitrogen and oxygen atoms in total. The summed E-state index contributed by atoms with van der Waals surface area (Å²) in [4.78, 5) is 14.0. The molecule has 0 radical (unpaired) electrons. The van der Waals surface area contributed by atoms with E-state index < -0.39 is 6.37 Å². The minimum absolute atomic E-state index is 0.477. The van der Waals surface area contributed by atoms with Crippen molar-refractivity contribution in [2.75, 3.05) is 12.3 Å². The van der Waals surface area contributed by atoms with E-state index in [9.17, 15) is 0 Å². The van der Waals surface area contributed by atoms with Crippen molar-refractivity contribution in [3.8, 4) is 0 Å². The van der Waals surface area contributed by atoms with Crippen molar-refractivity contribution in [3.05, 3.63) is 0 Å². The topological polar surface area (TPSA) is 0 Å². The van der Waals surface area contributed by atoms with Crippen molar-refractivity contribution in [2.45, 2.75) is 126 Å². The van der Waals surface area contributed by atoms with Gasteiger partial charge in [-0.25, -0.2) is 0 Å². The fourth-order valence-electron chi connectivity index (χ4n) is 18.2. The Kier molecular flexibility index (Phi) is 0.986. The van der Waals surface area contributed by atoms with Gasteiger partial charge in [0.25, 0.3) is 0 Å². The molecule has 0 amide bonds. The quantitative estimate of drug-likeness (QED) is 0.208. The van der Waals surface area contributed by atoms with Crippen molar-refractivity contribution < 1.29 is 6.37 Å². The molecule has 10 aliphatic heterocycles. The van der Waals surface area contributed by atoms with E-state index in [1.807, 2.05) is 0 Å². The molecule has 0 aromatic rings. The Bertz CT molecular complexity index is 979. The summed E-state index contributed by atoms with van der Waals surface area (Å²) in [6.07, 6.45) is 16.1. The molecule has 2 heteroatoms. The summed E-state index contributed by atoms with van der Waals surface area (Å²) in [5, 5.41) is 0. The predicted octanol–water partition coefficient (Wildman–Crippen LogP) is 8.71. The molecular weight excluding hydrogens is 378 g/mol. The molecular formula is C24H39CoP. The molecule has 10 saturated heterocycles. The van der Waals surface area contributed by atoms with Crippen LogP contribution in [0.2, 0.25) is 43.7 Å². The Hall–Kier alpha value is 0.936. The van der Waals surface area contributed by atoms with Crippen molar-refractivity contribution in [1.82, 2.24) is 0 Å². The molecule has 10 heterocycles. The molecule has 10 aliphatic rings. The molecule has 0 aromatic heterocycles. The van der Waals surface area contributed by atoms with Crippen molar-refractivity contribution in [3.63, 3.8) is 0 Å². The van der Waals surface area contributed by atoms with Gasteiger partial charge in [0.15, 0.2) is 0 Å².